The Morgan fingerprint density at radius 2 is 0.672 bits per heavy atom. The largest absolute Gasteiger partial charge is 0.455 e. The van der Waals surface area contributed by atoms with Gasteiger partial charge in [0.1, 0.15) is 11.2 Å². The van der Waals surface area contributed by atoms with Crippen LogP contribution in [0.15, 0.2) is 229 Å². The van der Waals surface area contributed by atoms with Crippen LogP contribution in [0.4, 0.5) is 0 Å². The molecule has 0 aliphatic rings. The van der Waals surface area contributed by atoms with Crippen LogP contribution in [-0.2, 0) is 0 Å². The first-order valence-corrected chi connectivity index (χ1v) is 20.5. The topological polar surface area (TPSA) is 51.8 Å². The van der Waals surface area contributed by atoms with Crippen molar-refractivity contribution >= 4 is 21.9 Å². The van der Waals surface area contributed by atoms with Gasteiger partial charge in [-0.15, -0.1) is 0 Å². The Kier molecular flexibility index (Phi) is 9.14. The number of fused-ring (bicyclic) bond motifs is 3. The van der Waals surface area contributed by atoms with E-state index in [0.29, 0.717) is 17.5 Å². The Balaban J connectivity index is 1.05. The van der Waals surface area contributed by atoms with E-state index in [1.165, 1.54) is 11.1 Å². The summed E-state index contributed by atoms with van der Waals surface area (Å²) in [6.45, 7) is 0. The summed E-state index contributed by atoms with van der Waals surface area (Å²) in [6, 6.07) is 78.1. The molecule has 0 aliphatic carbocycles. The van der Waals surface area contributed by atoms with Crippen LogP contribution in [0.5, 0.6) is 0 Å². The van der Waals surface area contributed by atoms with E-state index >= 15 is 0 Å². The van der Waals surface area contributed by atoms with Crippen molar-refractivity contribution in [2.24, 2.45) is 0 Å². The molecule has 286 valence electrons. The quantitative estimate of drug-likeness (QED) is 0.154. The summed E-state index contributed by atoms with van der Waals surface area (Å²) in [5.41, 5.74) is 15.7. The fourth-order valence-electron chi connectivity index (χ4n) is 8.35. The van der Waals surface area contributed by atoms with Crippen LogP contribution >= 0.6 is 0 Å². The van der Waals surface area contributed by atoms with E-state index in [9.17, 15) is 0 Å². The van der Waals surface area contributed by atoms with Crippen LogP contribution in [0.2, 0.25) is 0 Å². The minimum Gasteiger partial charge on any atom is -0.455 e. The molecule has 4 nitrogen and oxygen atoms in total. The number of benzene rings is 9. The lowest BCUT2D eigenvalue weighted by atomic mass is 9.93. The highest BCUT2D eigenvalue weighted by Crippen LogP contribution is 2.43. The zero-order chi connectivity index (χ0) is 40.5. The number of para-hydroxylation sites is 1. The van der Waals surface area contributed by atoms with Crippen LogP contribution in [0, 0.1) is 0 Å². The fourth-order valence-corrected chi connectivity index (χ4v) is 8.35. The molecule has 11 rings (SSSR count). The van der Waals surface area contributed by atoms with Crippen LogP contribution in [0.25, 0.3) is 112 Å². The first-order valence-electron chi connectivity index (χ1n) is 20.5. The summed E-state index contributed by atoms with van der Waals surface area (Å²) < 4.78 is 6.80. The van der Waals surface area contributed by atoms with Gasteiger partial charge in [0.05, 0.1) is 0 Å². The Morgan fingerprint density at radius 1 is 0.262 bits per heavy atom. The van der Waals surface area contributed by atoms with E-state index in [4.69, 9.17) is 19.4 Å². The maximum absolute atomic E-state index is 6.80. The van der Waals surface area contributed by atoms with Gasteiger partial charge in [-0.1, -0.05) is 212 Å². The average molecular weight is 780 g/mol. The highest BCUT2D eigenvalue weighted by atomic mass is 16.3. The second-order valence-electron chi connectivity index (χ2n) is 15.1. The van der Waals surface area contributed by atoms with Crippen LogP contribution in [0.3, 0.4) is 0 Å². The Labute approximate surface area is 354 Å². The highest BCUT2D eigenvalue weighted by molar-refractivity contribution is 6.15. The standard InChI is InChI=1S/C57H37N3O/c1-4-15-38(16-5-1)40-29-33-43(34-30-40)55-58-56(44-35-31-41(32-36-44)46-22-12-21-45(37-46)39-17-6-2-7-18-39)60-57(59-55)51-27-14-28-52-53(51)50-26-13-25-49(54(50)61-52)48-24-11-10-23-47(48)42-19-8-3-9-20-42/h1-37H. The third-order valence-corrected chi connectivity index (χ3v) is 11.4. The van der Waals surface area contributed by atoms with E-state index in [1.54, 1.807) is 0 Å². The molecule has 2 aromatic heterocycles. The van der Waals surface area contributed by atoms with Crippen molar-refractivity contribution in [1.82, 2.24) is 15.0 Å². The van der Waals surface area contributed by atoms with Crippen molar-refractivity contribution in [1.29, 1.82) is 0 Å². The molecule has 0 amide bonds. The molecule has 0 radical (unpaired) electrons. The monoisotopic (exact) mass is 779 g/mol. The van der Waals surface area contributed by atoms with Gasteiger partial charge in [0.25, 0.3) is 0 Å². The SMILES string of the molecule is c1ccc(-c2ccc(-c3nc(-c4ccc(-c5cccc(-c6ccccc6)c5)cc4)nc(-c4cccc5oc6c(-c7ccccc7-c7ccccc7)cccc6c45)n3)cc2)cc1. The van der Waals surface area contributed by atoms with Gasteiger partial charge >= 0.3 is 0 Å². The van der Waals surface area contributed by atoms with Crippen molar-refractivity contribution in [3.05, 3.63) is 224 Å². The van der Waals surface area contributed by atoms with E-state index < -0.39 is 0 Å². The summed E-state index contributed by atoms with van der Waals surface area (Å²) >= 11 is 0. The second-order valence-corrected chi connectivity index (χ2v) is 15.1. The van der Waals surface area contributed by atoms with Crippen molar-refractivity contribution < 1.29 is 4.42 Å². The van der Waals surface area contributed by atoms with Crippen molar-refractivity contribution in [3.8, 4) is 89.8 Å². The highest BCUT2D eigenvalue weighted by Gasteiger charge is 2.21. The van der Waals surface area contributed by atoms with Gasteiger partial charge in [-0.05, 0) is 62.2 Å². The molecule has 0 aliphatic heterocycles. The van der Waals surface area contributed by atoms with E-state index in [2.05, 4.69) is 194 Å². The summed E-state index contributed by atoms with van der Waals surface area (Å²) in [5, 5.41) is 1.97. The predicted octanol–water partition coefficient (Wildman–Crippen LogP) is 15.1. The summed E-state index contributed by atoms with van der Waals surface area (Å²) in [4.78, 5) is 15.6. The van der Waals surface area contributed by atoms with Gasteiger partial charge in [0, 0.05) is 33.0 Å². The zero-order valence-corrected chi connectivity index (χ0v) is 33.1. The number of hydrogen-bond acceptors (Lipinski definition) is 4. The maximum Gasteiger partial charge on any atom is 0.164 e. The maximum atomic E-state index is 6.80. The number of aromatic nitrogens is 3. The molecule has 11 aromatic rings. The zero-order valence-electron chi connectivity index (χ0n) is 33.1. The van der Waals surface area contributed by atoms with Gasteiger partial charge in [0.2, 0.25) is 0 Å². The third kappa shape index (κ3) is 6.86. The summed E-state index contributed by atoms with van der Waals surface area (Å²) in [6.07, 6.45) is 0. The molecular formula is C57H37N3O. The van der Waals surface area contributed by atoms with Crippen molar-refractivity contribution in [2.45, 2.75) is 0 Å². The first-order chi connectivity index (χ1) is 30.2. The Morgan fingerprint density at radius 3 is 1.30 bits per heavy atom. The Bertz CT molecular complexity index is 3320. The summed E-state index contributed by atoms with van der Waals surface area (Å²) in [7, 11) is 0. The molecule has 0 fully saturated rings. The molecular weight excluding hydrogens is 743 g/mol. The average Bonchev–Trinajstić information content (AvgIpc) is 3.74. The van der Waals surface area contributed by atoms with Gasteiger partial charge in [-0.3, -0.25) is 0 Å². The number of nitrogens with zero attached hydrogens (tertiary/aromatic N) is 3. The van der Waals surface area contributed by atoms with E-state index in [-0.39, 0.29) is 0 Å². The molecule has 2 heterocycles. The van der Waals surface area contributed by atoms with Gasteiger partial charge in [-0.2, -0.15) is 0 Å². The molecule has 0 atom stereocenters. The second kappa shape index (κ2) is 15.5. The minimum atomic E-state index is 0.579. The molecule has 61 heavy (non-hydrogen) atoms. The number of hydrogen-bond donors (Lipinski definition) is 0. The van der Waals surface area contributed by atoms with Crippen molar-refractivity contribution in [3.63, 3.8) is 0 Å². The number of furan rings is 1. The smallest absolute Gasteiger partial charge is 0.164 e. The molecule has 0 saturated carbocycles. The lowest BCUT2D eigenvalue weighted by Crippen LogP contribution is -2.00. The first kappa shape index (κ1) is 35.9. The van der Waals surface area contributed by atoms with Gasteiger partial charge < -0.3 is 4.42 Å². The van der Waals surface area contributed by atoms with Crippen LogP contribution in [-0.4, -0.2) is 15.0 Å². The van der Waals surface area contributed by atoms with Gasteiger partial charge in [0.15, 0.2) is 17.5 Å². The predicted molar refractivity (Wildman–Crippen MR) is 251 cm³/mol. The summed E-state index contributed by atoms with van der Waals surface area (Å²) in [5.74, 6) is 1.77. The van der Waals surface area contributed by atoms with Crippen LogP contribution in [0.1, 0.15) is 0 Å². The molecule has 0 unspecified atom stereocenters. The van der Waals surface area contributed by atoms with E-state index in [0.717, 1.165) is 83.1 Å². The third-order valence-electron chi connectivity index (χ3n) is 11.4. The molecule has 0 saturated heterocycles. The fraction of sp³-hybridized carbons (Fsp3) is 0. The lowest BCUT2D eigenvalue weighted by Gasteiger charge is -2.11. The normalized spacial score (nSPS) is 11.3. The molecule has 0 N–H and O–H groups in total. The molecule has 0 spiro atoms. The van der Waals surface area contributed by atoms with Crippen LogP contribution < -0.4 is 0 Å². The van der Waals surface area contributed by atoms with Gasteiger partial charge in [-0.25, -0.2) is 15.0 Å². The molecule has 0 bridgehead atoms. The number of rotatable bonds is 8. The Hall–Kier alpha value is -8.21. The van der Waals surface area contributed by atoms with E-state index in [1.807, 2.05) is 30.3 Å². The lowest BCUT2D eigenvalue weighted by molar-refractivity contribution is 0.670. The minimum absolute atomic E-state index is 0.579. The van der Waals surface area contributed by atoms with Crippen molar-refractivity contribution in [2.75, 3.05) is 0 Å². The molecule has 4 heteroatoms. The molecule has 9 aromatic carbocycles.